The van der Waals surface area contributed by atoms with E-state index >= 15 is 0 Å². The maximum atomic E-state index is 12.3. The molecule has 2 heterocycles. The summed E-state index contributed by atoms with van der Waals surface area (Å²) in [4.78, 5) is 30.2. The molecule has 2 aromatic rings. The van der Waals surface area contributed by atoms with Gasteiger partial charge in [0.1, 0.15) is 6.61 Å². The molecule has 1 aromatic carbocycles. The van der Waals surface area contributed by atoms with Gasteiger partial charge in [0.05, 0.1) is 29.7 Å². The van der Waals surface area contributed by atoms with E-state index in [2.05, 4.69) is 24.1 Å². The molecule has 3 rings (SSSR count). The second-order valence-electron chi connectivity index (χ2n) is 6.66. The number of amides is 2. The normalized spacial score (nSPS) is 15.2. The van der Waals surface area contributed by atoms with Gasteiger partial charge in [0.2, 0.25) is 5.91 Å². The molecule has 0 radical (unpaired) electrons. The van der Waals surface area contributed by atoms with E-state index in [0.717, 1.165) is 22.0 Å². The Hall–Kier alpha value is -2.41. The number of carbonyl (C=O) groups is 2. The van der Waals surface area contributed by atoms with Gasteiger partial charge in [-0.1, -0.05) is 26.0 Å². The fourth-order valence-corrected chi connectivity index (χ4v) is 3.63. The van der Waals surface area contributed by atoms with E-state index < -0.39 is 0 Å². The molecule has 1 aliphatic heterocycles. The van der Waals surface area contributed by atoms with E-state index in [1.54, 1.807) is 16.2 Å². The third kappa shape index (κ3) is 4.22. The number of nitrogens with one attached hydrogen (secondary N) is 1. The monoisotopic (exact) mass is 373 g/mol. The molecular formula is C19H23N3O3S. The third-order valence-electron chi connectivity index (χ3n) is 4.23. The van der Waals surface area contributed by atoms with E-state index in [4.69, 9.17) is 4.74 Å². The Balaban J connectivity index is 1.62. The van der Waals surface area contributed by atoms with Gasteiger partial charge in [-0.05, 0) is 24.6 Å². The van der Waals surface area contributed by atoms with E-state index in [9.17, 15) is 9.59 Å². The number of ether oxygens (including phenoxy) is 1. The molecule has 1 N–H and O–H groups in total. The van der Waals surface area contributed by atoms with Crippen LogP contribution in [0.4, 0.5) is 10.5 Å². The van der Waals surface area contributed by atoms with Crippen LogP contribution in [0.5, 0.6) is 0 Å². The molecular weight excluding hydrogens is 350 g/mol. The lowest BCUT2D eigenvalue weighted by Crippen LogP contribution is -2.28. The maximum Gasteiger partial charge on any atom is 0.414 e. The van der Waals surface area contributed by atoms with Crippen LogP contribution in [0, 0.1) is 0 Å². The fraction of sp³-hybridized carbons (Fsp3) is 0.421. The van der Waals surface area contributed by atoms with Crippen LogP contribution < -0.4 is 10.2 Å². The lowest BCUT2D eigenvalue weighted by molar-refractivity contribution is -0.121. The van der Waals surface area contributed by atoms with Gasteiger partial charge in [0.15, 0.2) is 0 Å². The van der Waals surface area contributed by atoms with Crippen LogP contribution in [-0.2, 0) is 16.0 Å². The van der Waals surface area contributed by atoms with Crippen LogP contribution >= 0.6 is 11.3 Å². The van der Waals surface area contributed by atoms with Crippen LogP contribution in [0.2, 0.25) is 0 Å². The lowest BCUT2D eigenvalue weighted by atomic mass is 10.1. The van der Waals surface area contributed by atoms with Crippen molar-refractivity contribution in [2.75, 3.05) is 18.1 Å². The van der Waals surface area contributed by atoms with Gasteiger partial charge >= 0.3 is 6.09 Å². The number of nitrogens with zero attached hydrogens (tertiary/aromatic N) is 2. The molecule has 1 aromatic heterocycles. The minimum Gasteiger partial charge on any atom is -0.447 e. The number of cyclic esters (lactones) is 1. The Morgan fingerprint density at radius 1 is 1.38 bits per heavy atom. The molecule has 26 heavy (non-hydrogen) atoms. The molecule has 1 unspecified atom stereocenters. The third-order valence-corrected chi connectivity index (χ3v) is 5.42. The summed E-state index contributed by atoms with van der Waals surface area (Å²) in [5.74, 6) is 0.305. The number of aromatic nitrogens is 1. The zero-order valence-electron chi connectivity index (χ0n) is 15.2. The average molecular weight is 373 g/mol. The standard InChI is InChI=1S/C19H23N3O3S/c1-12(2)18-21-15(11-26-18)10-17(23)20-13(3)14-5-4-6-16(9-14)22-7-8-25-19(22)24/h4-6,9,11-13H,7-8,10H2,1-3H3,(H,20,23). The first kappa shape index (κ1) is 18.4. The highest BCUT2D eigenvalue weighted by molar-refractivity contribution is 7.09. The number of anilines is 1. The second-order valence-corrected chi connectivity index (χ2v) is 7.55. The molecule has 0 bridgehead atoms. The highest BCUT2D eigenvalue weighted by Gasteiger charge is 2.24. The predicted molar refractivity (Wildman–Crippen MR) is 102 cm³/mol. The Kier molecular flexibility index (Phi) is 5.56. The Bertz CT molecular complexity index is 803. The molecule has 0 aliphatic carbocycles. The van der Waals surface area contributed by atoms with Gasteiger partial charge in [0, 0.05) is 17.0 Å². The van der Waals surface area contributed by atoms with Crippen molar-refractivity contribution in [3.05, 3.63) is 45.9 Å². The fourth-order valence-electron chi connectivity index (χ4n) is 2.80. The van der Waals surface area contributed by atoms with Crippen molar-refractivity contribution in [3.63, 3.8) is 0 Å². The number of carbonyl (C=O) groups excluding carboxylic acids is 2. The minimum absolute atomic E-state index is 0.0657. The highest BCUT2D eigenvalue weighted by Crippen LogP contribution is 2.23. The zero-order chi connectivity index (χ0) is 18.7. The quantitative estimate of drug-likeness (QED) is 0.839. The van der Waals surface area contributed by atoms with Crippen LogP contribution in [-0.4, -0.2) is 30.1 Å². The Morgan fingerprint density at radius 2 is 2.19 bits per heavy atom. The molecule has 1 atom stereocenters. The summed E-state index contributed by atoms with van der Waals surface area (Å²) in [5, 5.41) is 5.99. The highest BCUT2D eigenvalue weighted by atomic mass is 32.1. The summed E-state index contributed by atoms with van der Waals surface area (Å²) in [6.45, 7) is 7.06. The molecule has 2 amide bonds. The van der Waals surface area contributed by atoms with Gasteiger partial charge in [-0.2, -0.15) is 0 Å². The second kappa shape index (κ2) is 7.86. The number of thiazole rings is 1. The Labute approximate surface area is 157 Å². The summed E-state index contributed by atoms with van der Waals surface area (Å²) >= 11 is 1.59. The molecule has 1 fully saturated rings. The van der Waals surface area contributed by atoms with Crippen LogP contribution in [0.1, 0.15) is 49.0 Å². The van der Waals surface area contributed by atoms with Crippen molar-refractivity contribution in [1.29, 1.82) is 0 Å². The lowest BCUT2D eigenvalue weighted by Gasteiger charge is -2.18. The van der Waals surface area contributed by atoms with E-state index in [-0.39, 0.29) is 24.5 Å². The van der Waals surface area contributed by atoms with E-state index in [0.29, 0.717) is 19.1 Å². The minimum atomic E-state index is -0.330. The van der Waals surface area contributed by atoms with Gasteiger partial charge in [-0.15, -0.1) is 11.3 Å². The first-order valence-corrected chi connectivity index (χ1v) is 9.60. The Morgan fingerprint density at radius 3 is 2.85 bits per heavy atom. The molecule has 1 saturated heterocycles. The first-order valence-electron chi connectivity index (χ1n) is 8.72. The topological polar surface area (TPSA) is 71.5 Å². The van der Waals surface area contributed by atoms with Crippen LogP contribution in [0.25, 0.3) is 0 Å². The summed E-state index contributed by atoms with van der Waals surface area (Å²) in [6, 6.07) is 7.44. The van der Waals surface area contributed by atoms with Gasteiger partial charge in [0.25, 0.3) is 0 Å². The largest absolute Gasteiger partial charge is 0.447 e. The van der Waals surface area contributed by atoms with E-state index in [1.165, 1.54) is 0 Å². The summed E-state index contributed by atoms with van der Waals surface area (Å²) in [6.07, 6.45) is -0.0607. The number of rotatable bonds is 6. The van der Waals surface area contributed by atoms with Gasteiger partial charge in [-0.3, -0.25) is 9.69 Å². The molecule has 6 nitrogen and oxygen atoms in total. The van der Waals surface area contributed by atoms with Crippen molar-refractivity contribution in [3.8, 4) is 0 Å². The number of hydrogen-bond acceptors (Lipinski definition) is 5. The zero-order valence-corrected chi connectivity index (χ0v) is 16.0. The molecule has 1 aliphatic rings. The molecule has 0 saturated carbocycles. The van der Waals surface area contributed by atoms with Crippen molar-refractivity contribution < 1.29 is 14.3 Å². The maximum absolute atomic E-state index is 12.3. The SMILES string of the molecule is CC(C)c1nc(CC(=O)NC(C)c2cccc(N3CCOC3=O)c2)cs1. The average Bonchev–Trinajstić information content (AvgIpc) is 3.24. The first-order chi connectivity index (χ1) is 12.4. The van der Waals surface area contributed by atoms with Gasteiger partial charge < -0.3 is 10.1 Å². The van der Waals surface area contributed by atoms with Crippen LogP contribution in [0.15, 0.2) is 29.6 Å². The van der Waals surface area contributed by atoms with Crippen molar-refractivity contribution in [1.82, 2.24) is 10.3 Å². The summed E-state index contributed by atoms with van der Waals surface area (Å²) in [5.41, 5.74) is 2.53. The predicted octanol–water partition coefficient (Wildman–Crippen LogP) is 3.64. The molecule has 7 heteroatoms. The van der Waals surface area contributed by atoms with Crippen molar-refractivity contribution in [2.45, 2.75) is 39.2 Å². The van der Waals surface area contributed by atoms with Gasteiger partial charge in [-0.25, -0.2) is 9.78 Å². The smallest absolute Gasteiger partial charge is 0.414 e. The number of hydrogen-bond donors (Lipinski definition) is 1. The van der Waals surface area contributed by atoms with Crippen LogP contribution in [0.3, 0.4) is 0 Å². The molecule has 0 spiro atoms. The summed E-state index contributed by atoms with van der Waals surface area (Å²) in [7, 11) is 0. The number of benzene rings is 1. The van der Waals surface area contributed by atoms with Crippen molar-refractivity contribution >= 4 is 29.0 Å². The van der Waals surface area contributed by atoms with E-state index in [1.807, 2.05) is 36.6 Å². The van der Waals surface area contributed by atoms with Crippen molar-refractivity contribution in [2.24, 2.45) is 0 Å². The summed E-state index contributed by atoms with van der Waals surface area (Å²) < 4.78 is 4.98. The molecule has 138 valence electrons.